The Labute approximate surface area is 192 Å². The molecule has 4 rings (SSSR count). The number of fused-ring (bicyclic) bond motifs is 1. The van der Waals surface area contributed by atoms with E-state index in [1.165, 1.54) is 37.0 Å². The lowest BCUT2D eigenvalue weighted by atomic mass is 9.94. The Hall–Kier alpha value is -2.65. The Bertz CT molecular complexity index is 1280. The largest absolute Gasteiger partial charge is 0.487 e. The van der Waals surface area contributed by atoms with Crippen molar-refractivity contribution in [1.82, 2.24) is 9.97 Å². The van der Waals surface area contributed by atoms with Gasteiger partial charge in [-0.2, -0.15) is 4.36 Å². The zero-order valence-corrected chi connectivity index (χ0v) is 19.7. The molecule has 1 aromatic heterocycles. The zero-order valence-electron chi connectivity index (χ0n) is 18.9. The van der Waals surface area contributed by atoms with E-state index in [0.717, 1.165) is 25.7 Å². The van der Waals surface area contributed by atoms with E-state index < -0.39 is 21.4 Å². The number of hydrogen-bond acceptors (Lipinski definition) is 6. The smallest absolute Gasteiger partial charge is 0.136 e. The molecule has 33 heavy (non-hydrogen) atoms. The number of hydrogen-bond donors (Lipinski definition) is 0. The van der Waals surface area contributed by atoms with Crippen LogP contribution in [0.2, 0.25) is 0 Å². The number of ether oxygens (including phenoxy) is 2. The van der Waals surface area contributed by atoms with Crippen LogP contribution in [0.1, 0.15) is 36.9 Å². The van der Waals surface area contributed by atoms with Crippen molar-refractivity contribution in [2.45, 2.75) is 44.3 Å². The van der Waals surface area contributed by atoms with Crippen LogP contribution in [0.3, 0.4) is 0 Å². The second-order valence-electron chi connectivity index (χ2n) is 8.56. The third kappa shape index (κ3) is 5.65. The Morgan fingerprint density at radius 2 is 1.85 bits per heavy atom. The first-order valence-corrected chi connectivity index (χ1v) is 13.1. The van der Waals surface area contributed by atoms with Gasteiger partial charge in [0.25, 0.3) is 0 Å². The molecule has 1 aliphatic carbocycles. The lowest BCUT2D eigenvalue weighted by molar-refractivity contribution is -0.0233. The van der Waals surface area contributed by atoms with Crippen molar-refractivity contribution in [2.75, 3.05) is 19.6 Å². The molecule has 176 valence electrons. The molecule has 1 saturated carbocycles. The standard InChI is InChI=1S/C24H27F2N3O3S/c1-31-21-6-4-5-7-22(21)32-23-11-16(25)9-8-15(23)10-19-24-18(26)12-17(29-33(2,3)30)13-20(24)28-14-27-19/h8-9,11-14,21-22H,4-7,10H2,1-3H3/t21-,22-/m1/s1. The molecule has 0 amide bonds. The second kappa shape index (κ2) is 9.69. The third-order valence-electron chi connectivity index (χ3n) is 5.69. The number of halogens is 2. The lowest BCUT2D eigenvalue weighted by Crippen LogP contribution is -2.36. The van der Waals surface area contributed by atoms with Crippen molar-refractivity contribution in [3.8, 4) is 5.75 Å². The minimum absolute atomic E-state index is 0.0539. The number of nitrogens with zero attached hydrogens (tertiary/aromatic N) is 3. The van der Waals surface area contributed by atoms with Crippen molar-refractivity contribution in [3.05, 3.63) is 59.6 Å². The molecule has 9 heteroatoms. The molecule has 0 spiro atoms. The van der Waals surface area contributed by atoms with E-state index in [4.69, 9.17) is 9.47 Å². The maximum absolute atomic E-state index is 15.1. The van der Waals surface area contributed by atoms with Crippen LogP contribution in [-0.2, 0) is 20.9 Å². The zero-order chi connectivity index (χ0) is 23.6. The van der Waals surface area contributed by atoms with Crippen molar-refractivity contribution in [1.29, 1.82) is 0 Å². The van der Waals surface area contributed by atoms with Gasteiger partial charge < -0.3 is 9.47 Å². The summed E-state index contributed by atoms with van der Waals surface area (Å²) in [4.78, 5) is 8.47. The molecule has 2 aromatic carbocycles. The van der Waals surface area contributed by atoms with E-state index >= 15 is 4.39 Å². The molecule has 0 N–H and O–H groups in total. The van der Waals surface area contributed by atoms with Gasteiger partial charge in [0.2, 0.25) is 0 Å². The van der Waals surface area contributed by atoms with E-state index in [1.807, 2.05) is 0 Å². The lowest BCUT2D eigenvalue weighted by Gasteiger charge is -2.31. The van der Waals surface area contributed by atoms with Gasteiger partial charge in [-0.3, -0.25) is 0 Å². The van der Waals surface area contributed by atoms with Gasteiger partial charge in [-0.05, 0) is 31.4 Å². The fourth-order valence-corrected chi connectivity index (χ4v) is 4.84. The molecule has 0 saturated heterocycles. The number of methoxy groups -OCH3 is 1. The first kappa shape index (κ1) is 23.5. The van der Waals surface area contributed by atoms with Crippen LogP contribution in [-0.4, -0.2) is 46.0 Å². The molecule has 0 radical (unpaired) electrons. The minimum atomic E-state index is -2.45. The van der Waals surface area contributed by atoms with Crippen molar-refractivity contribution >= 4 is 26.3 Å². The summed E-state index contributed by atoms with van der Waals surface area (Å²) in [6.07, 6.45) is 8.12. The molecule has 3 aromatic rings. The summed E-state index contributed by atoms with van der Waals surface area (Å²) >= 11 is 0. The highest BCUT2D eigenvalue weighted by Crippen LogP contribution is 2.32. The highest BCUT2D eigenvalue weighted by atomic mass is 32.2. The maximum Gasteiger partial charge on any atom is 0.136 e. The van der Waals surface area contributed by atoms with Gasteiger partial charge in [0.05, 0.1) is 28.4 Å². The minimum Gasteiger partial charge on any atom is -0.487 e. The van der Waals surface area contributed by atoms with Crippen LogP contribution in [0.4, 0.5) is 14.5 Å². The van der Waals surface area contributed by atoms with Crippen LogP contribution in [0.25, 0.3) is 10.9 Å². The molecule has 0 unspecified atom stereocenters. The van der Waals surface area contributed by atoms with Gasteiger partial charge >= 0.3 is 0 Å². The van der Waals surface area contributed by atoms with Gasteiger partial charge in [-0.15, -0.1) is 0 Å². The Kier molecular flexibility index (Phi) is 6.90. The Balaban J connectivity index is 1.71. The average Bonchev–Trinajstić information content (AvgIpc) is 2.74. The number of rotatable bonds is 6. The molecule has 1 heterocycles. The molecule has 2 atom stereocenters. The van der Waals surface area contributed by atoms with Crippen molar-refractivity contribution in [2.24, 2.45) is 4.36 Å². The van der Waals surface area contributed by atoms with E-state index in [1.54, 1.807) is 19.2 Å². The van der Waals surface area contributed by atoms with E-state index in [2.05, 4.69) is 14.3 Å². The Morgan fingerprint density at radius 3 is 2.58 bits per heavy atom. The number of benzene rings is 2. The summed E-state index contributed by atoms with van der Waals surface area (Å²) in [6, 6.07) is 7.16. The topological polar surface area (TPSA) is 73.7 Å². The summed E-state index contributed by atoms with van der Waals surface area (Å²) < 4.78 is 57.0. The van der Waals surface area contributed by atoms with Crippen LogP contribution in [0.5, 0.6) is 5.75 Å². The van der Waals surface area contributed by atoms with Crippen LogP contribution in [0.15, 0.2) is 41.0 Å². The molecular weight excluding hydrogens is 448 g/mol. The van der Waals surface area contributed by atoms with E-state index in [-0.39, 0.29) is 29.7 Å². The van der Waals surface area contributed by atoms with Gasteiger partial charge in [-0.1, -0.05) is 12.5 Å². The SMILES string of the molecule is CO[C@@H]1CCCC[C@H]1Oc1cc(F)ccc1Cc1ncnc2cc(N=S(C)(C)=O)cc(F)c12. The highest BCUT2D eigenvalue weighted by Gasteiger charge is 2.27. The molecule has 0 bridgehead atoms. The van der Waals surface area contributed by atoms with Crippen LogP contribution >= 0.6 is 0 Å². The number of aromatic nitrogens is 2. The maximum atomic E-state index is 15.1. The van der Waals surface area contributed by atoms with Gasteiger partial charge in [0.15, 0.2) is 0 Å². The fourth-order valence-electron chi connectivity index (χ4n) is 4.23. The summed E-state index contributed by atoms with van der Waals surface area (Å²) in [7, 11) is -0.792. The molecule has 1 aliphatic rings. The summed E-state index contributed by atoms with van der Waals surface area (Å²) in [5.41, 5.74) is 1.75. The van der Waals surface area contributed by atoms with Crippen molar-refractivity contribution < 1.29 is 22.5 Å². The molecule has 1 fully saturated rings. The Morgan fingerprint density at radius 1 is 1.09 bits per heavy atom. The van der Waals surface area contributed by atoms with Crippen LogP contribution in [0, 0.1) is 11.6 Å². The van der Waals surface area contributed by atoms with Gasteiger partial charge in [-0.25, -0.2) is 23.0 Å². The van der Waals surface area contributed by atoms with E-state index in [0.29, 0.717) is 22.5 Å². The quantitative estimate of drug-likeness (QED) is 0.490. The summed E-state index contributed by atoms with van der Waals surface area (Å²) in [6.45, 7) is 0. The molecule has 6 nitrogen and oxygen atoms in total. The predicted octanol–water partition coefficient (Wildman–Crippen LogP) is 5.19. The monoisotopic (exact) mass is 475 g/mol. The van der Waals surface area contributed by atoms with Gasteiger partial charge in [0, 0.05) is 53.5 Å². The van der Waals surface area contributed by atoms with E-state index in [9.17, 15) is 8.60 Å². The fraction of sp³-hybridized carbons (Fsp3) is 0.417. The normalized spacial score (nSPS) is 18.9. The first-order chi connectivity index (χ1) is 15.7. The van der Waals surface area contributed by atoms with Crippen LogP contribution < -0.4 is 4.74 Å². The predicted molar refractivity (Wildman–Crippen MR) is 124 cm³/mol. The summed E-state index contributed by atoms with van der Waals surface area (Å²) in [5, 5.41) is 0.248. The average molecular weight is 476 g/mol. The highest BCUT2D eigenvalue weighted by molar-refractivity contribution is 7.92. The second-order valence-corrected chi connectivity index (χ2v) is 11.1. The van der Waals surface area contributed by atoms with Gasteiger partial charge in [0.1, 0.15) is 29.8 Å². The molecular formula is C24H27F2N3O3S. The molecule has 0 aliphatic heterocycles. The van der Waals surface area contributed by atoms with Crippen molar-refractivity contribution in [3.63, 3.8) is 0 Å². The third-order valence-corrected chi connectivity index (χ3v) is 6.34. The summed E-state index contributed by atoms with van der Waals surface area (Å²) in [5.74, 6) is -0.563. The first-order valence-electron chi connectivity index (χ1n) is 10.8.